The Bertz CT molecular complexity index is 502. The summed E-state index contributed by atoms with van der Waals surface area (Å²) in [6, 6.07) is 3.18. The fourth-order valence-corrected chi connectivity index (χ4v) is 2.70. The number of halogens is 1. The third-order valence-corrected chi connectivity index (χ3v) is 4.31. The Labute approximate surface area is 134 Å². The molecule has 7 heteroatoms. The molecule has 0 aliphatic rings. The van der Waals surface area contributed by atoms with Crippen molar-refractivity contribution in [3.8, 4) is 0 Å². The highest BCUT2D eigenvalue weighted by Gasteiger charge is 2.30. The van der Waals surface area contributed by atoms with E-state index in [9.17, 15) is 9.59 Å². The van der Waals surface area contributed by atoms with Gasteiger partial charge in [0.05, 0.1) is 10.4 Å². The summed E-state index contributed by atoms with van der Waals surface area (Å²) in [5.41, 5.74) is -0.993. The molecule has 118 valence electrons. The van der Waals surface area contributed by atoms with Crippen LogP contribution < -0.4 is 16.0 Å². The van der Waals surface area contributed by atoms with Crippen molar-refractivity contribution in [1.29, 1.82) is 0 Å². The van der Waals surface area contributed by atoms with Crippen molar-refractivity contribution in [2.75, 3.05) is 6.54 Å². The predicted molar refractivity (Wildman–Crippen MR) is 86.8 cm³/mol. The van der Waals surface area contributed by atoms with Crippen molar-refractivity contribution in [1.82, 2.24) is 16.0 Å². The monoisotopic (exact) mass is 331 g/mol. The van der Waals surface area contributed by atoms with Crippen LogP contribution in [0.5, 0.6) is 0 Å². The SMILES string of the molecule is CCCNC(=O)NC(C)(C)C(=O)NC(C)c1ccc(Cl)s1. The minimum atomic E-state index is -0.993. The van der Waals surface area contributed by atoms with Gasteiger partial charge in [-0.2, -0.15) is 0 Å². The molecule has 5 nitrogen and oxygen atoms in total. The highest BCUT2D eigenvalue weighted by molar-refractivity contribution is 7.16. The lowest BCUT2D eigenvalue weighted by Gasteiger charge is -2.27. The third kappa shape index (κ3) is 5.55. The lowest BCUT2D eigenvalue weighted by Crippen LogP contribution is -2.57. The Balaban J connectivity index is 2.58. The zero-order chi connectivity index (χ0) is 16.0. The number of amides is 3. The number of nitrogens with one attached hydrogen (secondary N) is 3. The molecule has 3 N–H and O–H groups in total. The number of hydrogen-bond donors (Lipinski definition) is 3. The number of carbonyl (C=O) groups is 2. The van der Waals surface area contributed by atoms with Gasteiger partial charge in [-0.3, -0.25) is 4.79 Å². The van der Waals surface area contributed by atoms with E-state index in [4.69, 9.17) is 11.6 Å². The first-order chi connectivity index (χ1) is 9.76. The summed E-state index contributed by atoms with van der Waals surface area (Å²) in [6.45, 7) is 7.76. The summed E-state index contributed by atoms with van der Waals surface area (Å²) in [7, 11) is 0. The van der Waals surface area contributed by atoms with Crippen LogP contribution in [0.15, 0.2) is 12.1 Å². The first-order valence-electron chi connectivity index (χ1n) is 6.88. The van der Waals surface area contributed by atoms with Crippen LogP contribution in [-0.2, 0) is 4.79 Å². The van der Waals surface area contributed by atoms with Crippen LogP contribution in [0, 0.1) is 0 Å². The summed E-state index contributed by atoms with van der Waals surface area (Å²) in [5.74, 6) is -0.244. The highest BCUT2D eigenvalue weighted by Crippen LogP contribution is 2.26. The van der Waals surface area contributed by atoms with E-state index in [1.807, 2.05) is 19.9 Å². The van der Waals surface area contributed by atoms with Gasteiger partial charge in [-0.15, -0.1) is 11.3 Å². The van der Waals surface area contributed by atoms with Gasteiger partial charge in [0.15, 0.2) is 0 Å². The van der Waals surface area contributed by atoms with Crippen LogP contribution in [0.4, 0.5) is 4.79 Å². The van der Waals surface area contributed by atoms with Crippen molar-refractivity contribution >= 4 is 34.9 Å². The van der Waals surface area contributed by atoms with Crippen molar-refractivity contribution in [2.24, 2.45) is 0 Å². The van der Waals surface area contributed by atoms with Crippen molar-refractivity contribution in [2.45, 2.75) is 45.7 Å². The van der Waals surface area contributed by atoms with E-state index in [1.165, 1.54) is 11.3 Å². The fraction of sp³-hybridized carbons (Fsp3) is 0.571. The van der Waals surface area contributed by atoms with Gasteiger partial charge in [0.2, 0.25) is 5.91 Å². The average Bonchev–Trinajstić information content (AvgIpc) is 2.82. The standard InChI is InChI=1S/C14H22ClN3O2S/c1-5-8-16-13(20)18-14(3,4)12(19)17-9(2)10-6-7-11(15)21-10/h6-7,9H,5,8H2,1-4H3,(H,17,19)(H2,16,18,20). The van der Waals surface area contributed by atoms with E-state index in [2.05, 4.69) is 16.0 Å². The summed E-state index contributed by atoms with van der Waals surface area (Å²) in [6.07, 6.45) is 0.843. The molecule has 0 aliphatic carbocycles. The molecule has 0 fully saturated rings. The summed E-state index contributed by atoms with van der Waals surface area (Å²) in [4.78, 5) is 24.9. The molecule has 1 aromatic rings. The van der Waals surface area contributed by atoms with E-state index in [0.717, 1.165) is 11.3 Å². The first kappa shape index (κ1) is 17.8. The van der Waals surface area contributed by atoms with Gasteiger partial charge < -0.3 is 16.0 Å². The van der Waals surface area contributed by atoms with Gasteiger partial charge in [-0.1, -0.05) is 18.5 Å². The smallest absolute Gasteiger partial charge is 0.315 e. The van der Waals surface area contributed by atoms with E-state index in [0.29, 0.717) is 10.9 Å². The largest absolute Gasteiger partial charge is 0.347 e. The van der Waals surface area contributed by atoms with Gasteiger partial charge >= 0.3 is 6.03 Å². The molecule has 0 spiro atoms. The summed E-state index contributed by atoms with van der Waals surface area (Å²) < 4.78 is 0.683. The molecule has 0 saturated carbocycles. The van der Waals surface area contributed by atoms with Crippen LogP contribution in [0.25, 0.3) is 0 Å². The number of thiophene rings is 1. The van der Waals surface area contributed by atoms with E-state index >= 15 is 0 Å². The zero-order valence-corrected chi connectivity index (χ0v) is 14.3. The van der Waals surface area contributed by atoms with Gasteiger partial charge in [0.25, 0.3) is 0 Å². The molecule has 3 amide bonds. The van der Waals surface area contributed by atoms with E-state index in [-0.39, 0.29) is 18.0 Å². The van der Waals surface area contributed by atoms with Crippen molar-refractivity contribution in [3.05, 3.63) is 21.3 Å². The molecular weight excluding hydrogens is 310 g/mol. The molecule has 0 aliphatic heterocycles. The van der Waals surface area contributed by atoms with Gasteiger partial charge in [-0.05, 0) is 39.3 Å². The Morgan fingerprint density at radius 3 is 2.57 bits per heavy atom. The Kier molecular flexibility index (Phi) is 6.48. The predicted octanol–water partition coefficient (Wildman–Crippen LogP) is 3.07. The van der Waals surface area contributed by atoms with Crippen LogP contribution in [-0.4, -0.2) is 24.0 Å². The minimum absolute atomic E-state index is 0.158. The van der Waals surface area contributed by atoms with Crippen molar-refractivity contribution in [3.63, 3.8) is 0 Å². The molecule has 1 rings (SSSR count). The highest BCUT2D eigenvalue weighted by atomic mass is 35.5. The molecule has 0 radical (unpaired) electrons. The first-order valence-corrected chi connectivity index (χ1v) is 8.08. The maximum absolute atomic E-state index is 12.3. The Morgan fingerprint density at radius 1 is 1.38 bits per heavy atom. The lowest BCUT2D eigenvalue weighted by atomic mass is 10.0. The summed E-state index contributed by atoms with van der Waals surface area (Å²) in [5, 5.41) is 8.24. The number of hydrogen-bond acceptors (Lipinski definition) is 3. The number of rotatable bonds is 6. The average molecular weight is 332 g/mol. The Morgan fingerprint density at radius 2 is 2.05 bits per heavy atom. The van der Waals surface area contributed by atoms with E-state index < -0.39 is 5.54 Å². The van der Waals surface area contributed by atoms with Crippen LogP contribution in [0.1, 0.15) is 45.0 Å². The van der Waals surface area contributed by atoms with E-state index in [1.54, 1.807) is 19.9 Å². The maximum Gasteiger partial charge on any atom is 0.315 e. The second-order valence-electron chi connectivity index (χ2n) is 5.34. The topological polar surface area (TPSA) is 70.2 Å². The lowest BCUT2D eigenvalue weighted by molar-refractivity contribution is -0.126. The Hall–Kier alpha value is -1.27. The molecule has 1 unspecified atom stereocenters. The molecular formula is C14H22ClN3O2S. The molecule has 1 aromatic heterocycles. The second-order valence-corrected chi connectivity index (χ2v) is 7.09. The van der Waals surface area contributed by atoms with Crippen molar-refractivity contribution < 1.29 is 9.59 Å². The van der Waals surface area contributed by atoms with Crippen LogP contribution >= 0.6 is 22.9 Å². The molecule has 0 saturated heterocycles. The quantitative estimate of drug-likeness (QED) is 0.749. The normalized spacial score (nSPS) is 12.6. The second kappa shape index (κ2) is 7.66. The molecule has 1 atom stereocenters. The molecule has 0 bridgehead atoms. The zero-order valence-electron chi connectivity index (χ0n) is 12.7. The molecule has 1 heterocycles. The van der Waals surface area contributed by atoms with Crippen LogP contribution in [0.2, 0.25) is 4.34 Å². The van der Waals surface area contributed by atoms with Crippen LogP contribution in [0.3, 0.4) is 0 Å². The number of carbonyl (C=O) groups excluding carboxylic acids is 2. The third-order valence-electron chi connectivity index (χ3n) is 2.90. The van der Waals surface area contributed by atoms with Gasteiger partial charge in [0, 0.05) is 11.4 Å². The molecule has 21 heavy (non-hydrogen) atoms. The summed E-state index contributed by atoms with van der Waals surface area (Å²) >= 11 is 7.31. The van der Waals surface area contributed by atoms with Gasteiger partial charge in [-0.25, -0.2) is 4.79 Å². The number of urea groups is 1. The maximum atomic E-state index is 12.3. The molecule has 0 aromatic carbocycles. The minimum Gasteiger partial charge on any atom is -0.347 e. The fourth-order valence-electron chi connectivity index (χ4n) is 1.63. The van der Waals surface area contributed by atoms with Gasteiger partial charge in [0.1, 0.15) is 5.54 Å².